The topological polar surface area (TPSA) is 0 Å². The van der Waals surface area contributed by atoms with Crippen molar-refractivity contribution in [3.05, 3.63) is 70.8 Å². The van der Waals surface area contributed by atoms with Crippen LogP contribution in [0.1, 0.15) is 47.9 Å². The molecule has 5 rings (SSSR count). The van der Waals surface area contributed by atoms with Gasteiger partial charge >= 0.3 is 0 Å². The molecule has 1 aliphatic rings. The lowest BCUT2D eigenvalue weighted by molar-refractivity contribution is 0.627. The van der Waals surface area contributed by atoms with Crippen LogP contribution in [0.5, 0.6) is 0 Å². The van der Waals surface area contributed by atoms with E-state index in [0.717, 1.165) is 0 Å². The van der Waals surface area contributed by atoms with Gasteiger partial charge in [0, 0.05) is 0 Å². The number of fused-ring (bicyclic) bond motifs is 2. The average Bonchev–Trinajstić information content (AvgIpc) is 2.59. The second kappa shape index (κ2) is 4.60. The summed E-state index contributed by atoms with van der Waals surface area (Å²) in [7, 11) is 0. The minimum atomic E-state index is 0.539. The zero-order valence-electron chi connectivity index (χ0n) is 14.8. The van der Waals surface area contributed by atoms with Gasteiger partial charge in [0.15, 0.2) is 0 Å². The Bertz CT molecular complexity index is 1150. The Kier molecular flexibility index (Phi) is 2.69. The Morgan fingerprint density at radius 3 is 2.08 bits per heavy atom. The molecule has 0 aromatic heterocycles. The molecule has 0 nitrogen and oxygen atoms in total. The molecule has 0 radical (unpaired) electrons. The predicted molar refractivity (Wildman–Crippen MR) is 105 cm³/mol. The molecule has 118 valence electrons. The second-order valence-corrected chi connectivity index (χ2v) is 7.58. The van der Waals surface area contributed by atoms with Crippen molar-refractivity contribution in [3.63, 3.8) is 0 Å². The lowest BCUT2D eigenvalue weighted by atomic mass is 9.71. The molecule has 0 aliphatic heterocycles. The summed E-state index contributed by atoms with van der Waals surface area (Å²) < 4.78 is 0. The summed E-state index contributed by atoms with van der Waals surface area (Å²) in [5.41, 5.74) is 6.02. The lowest BCUT2D eigenvalue weighted by Crippen LogP contribution is -2.14. The Morgan fingerprint density at radius 2 is 1.29 bits per heavy atom. The molecule has 4 aromatic carbocycles. The molecule has 0 amide bonds. The highest BCUT2D eigenvalue weighted by atomic mass is 14.3. The summed E-state index contributed by atoms with van der Waals surface area (Å²) in [5, 5.41) is 8.58. The summed E-state index contributed by atoms with van der Waals surface area (Å²) in [5.74, 6) is 1.09. The molecule has 0 bridgehead atoms. The summed E-state index contributed by atoms with van der Waals surface area (Å²) >= 11 is 0. The quantitative estimate of drug-likeness (QED) is 0.243. The predicted octanol–water partition coefficient (Wildman–Crippen LogP) is 6.98. The molecular weight excluding hydrogens is 288 g/mol. The van der Waals surface area contributed by atoms with Gasteiger partial charge < -0.3 is 0 Å². The normalized spacial score (nSPS) is 19.7. The highest BCUT2D eigenvalue weighted by molar-refractivity contribution is 6.17. The molecule has 4 aromatic rings. The first-order valence-corrected chi connectivity index (χ1v) is 8.96. The van der Waals surface area contributed by atoms with Crippen LogP contribution in [0.25, 0.3) is 32.3 Å². The van der Waals surface area contributed by atoms with E-state index in [1.807, 2.05) is 0 Å². The number of benzene rings is 4. The van der Waals surface area contributed by atoms with Crippen LogP contribution in [0.4, 0.5) is 0 Å². The molecule has 2 atom stereocenters. The van der Waals surface area contributed by atoms with Crippen LogP contribution >= 0.6 is 0 Å². The monoisotopic (exact) mass is 310 g/mol. The van der Waals surface area contributed by atoms with Crippen LogP contribution in [-0.2, 0) is 0 Å². The minimum Gasteiger partial charge on any atom is -0.0616 e. The zero-order chi connectivity index (χ0) is 16.6. The van der Waals surface area contributed by atoms with Crippen LogP contribution in [0.3, 0.4) is 0 Å². The molecule has 0 fully saturated rings. The molecule has 0 spiro atoms. The van der Waals surface area contributed by atoms with E-state index in [9.17, 15) is 0 Å². The van der Waals surface area contributed by atoms with E-state index in [1.54, 1.807) is 11.1 Å². The minimum absolute atomic E-state index is 0.539. The van der Waals surface area contributed by atoms with Crippen LogP contribution < -0.4 is 0 Å². The lowest BCUT2D eigenvalue weighted by Gasteiger charge is -2.33. The van der Waals surface area contributed by atoms with Crippen LogP contribution in [0.2, 0.25) is 0 Å². The van der Waals surface area contributed by atoms with Crippen molar-refractivity contribution >= 4 is 32.3 Å². The molecular formula is C24H22. The second-order valence-electron chi connectivity index (χ2n) is 7.58. The van der Waals surface area contributed by atoms with Gasteiger partial charge in [-0.25, -0.2) is 0 Å². The summed E-state index contributed by atoms with van der Waals surface area (Å²) in [6.45, 7) is 9.38. The van der Waals surface area contributed by atoms with Gasteiger partial charge in [0.1, 0.15) is 0 Å². The highest BCUT2D eigenvalue weighted by Crippen LogP contribution is 2.50. The van der Waals surface area contributed by atoms with Crippen LogP contribution in [0.15, 0.2) is 48.5 Å². The Hall–Kier alpha value is -2.34. The van der Waals surface area contributed by atoms with Crippen molar-refractivity contribution in [1.82, 2.24) is 0 Å². The maximum atomic E-state index is 2.41. The van der Waals surface area contributed by atoms with Gasteiger partial charge in [-0.3, -0.25) is 0 Å². The van der Waals surface area contributed by atoms with Gasteiger partial charge in [-0.05, 0) is 86.3 Å². The average molecular weight is 310 g/mol. The van der Waals surface area contributed by atoms with Gasteiger partial charge in [-0.2, -0.15) is 0 Å². The Morgan fingerprint density at radius 1 is 0.667 bits per heavy atom. The highest BCUT2D eigenvalue weighted by Gasteiger charge is 2.30. The summed E-state index contributed by atoms with van der Waals surface area (Å²) in [6.07, 6.45) is 0. The van der Waals surface area contributed by atoms with E-state index in [4.69, 9.17) is 0 Å². The van der Waals surface area contributed by atoms with Crippen molar-refractivity contribution in [1.29, 1.82) is 0 Å². The zero-order valence-corrected chi connectivity index (χ0v) is 14.8. The molecule has 0 saturated carbocycles. The SMILES string of the molecule is Cc1cc2ccc3cc4ccccc4c4c3c2c(c1C)[C@H](C)[C@@H]4C. The molecule has 1 aliphatic carbocycles. The summed E-state index contributed by atoms with van der Waals surface area (Å²) in [6, 6.07) is 18.3. The molecule has 0 N–H and O–H groups in total. The van der Waals surface area contributed by atoms with Crippen LogP contribution in [-0.4, -0.2) is 0 Å². The van der Waals surface area contributed by atoms with E-state index in [0.29, 0.717) is 11.8 Å². The molecule has 24 heavy (non-hydrogen) atoms. The van der Waals surface area contributed by atoms with Gasteiger partial charge in [0.2, 0.25) is 0 Å². The third kappa shape index (κ3) is 1.59. The fourth-order valence-corrected chi connectivity index (χ4v) is 4.91. The third-order valence-electron chi connectivity index (χ3n) is 6.40. The summed E-state index contributed by atoms with van der Waals surface area (Å²) in [4.78, 5) is 0. The first-order valence-electron chi connectivity index (χ1n) is 8.96. The van der Waals surface area contributed by atoms with E-state index in [-0.39, 0.29) is 0 Å². The van der Waals surface area contributed by atoms with Gasteiger partial charge in [-0.15, -0.1) is 0 Å². The third-order valence-corrected chi connectivity index (χ3v) is 6.40. The largest absolute Gasteiger partial charge is 0.0616 e. The van der Waals surface area contributed by atoms with Gasteiger partial charge in [-0.1, -0.05) is 56.3 Å². The van der Waals surface area contributed by atoms with Crippen molar-refractivity contribution < 1.29 is 0 Å². The maximum Gasteiger partial charge on any atom is -0.00610 e. The first-order chi connectivity index (χ1) is 11.6. The smallest absolute Gasteiger partial charge is 0.00610 e. The van der Waals surface area contributed by atoms with E-state index >= 15 is 0 Å². The van der Waals surface area contributed by atoms with E-state index in [2.05, 4.69) is 76.2 Å². The molecule has 0 unspecified atom stereocenters. The fourth-order valence-electron chi connectivity index (χ4n) is 4.91. The van der Waals surface area contributed by atoms with Crippen molar-refractivity contribution in [2.24, 2.45) is 0 Å². The van der Waals surface area contributed by atoms with Crippen molar-refractivity contribution in [2.75, 3.05) is 0 Å². The molecule has 0 saturated heterocycles. The number of aryl methyl sites for hydroxylation is 1. The molecule has 0 heterocycles. The number of rotatable bonds is 0. The van der Waals surface area contributed by atoms with Crippen molar-refractivity contribution in [2.45, 2.75) is 39.5 Å². The van der Waals surface area contributed by atoms with Gasteiger partial charge in [0.05, 0.1) is 0 Å². The fraction of sp³-hybridized carbons (Fsp3) is 0.250. The van der Waals surface area contributed by atoms with Crippen LogP contribution in [0, 0.1) is 13.8 Å². The molecule has 0 heteroatoms. The van der Waals surface area contributed by atoms with Gasteiger partial charge in [0.25, 0.3) is 0 Å². The maximum absolute atomic E-state index is 2.41. The van der Waals surface area contributed by atoms with E-state index in [1.165, 1.54) is 43.4 Å². The number of hydrogen-bond acceptors (Lipinski definition) is 0. The standard InChI is InChI=1S/C24H22/c1-13-11-18-9-10-19-12-17-7-5-6-8-20(17)22-16(4)15(3)21(14(13)2)23(18)24(19)22/h5-12,15-16H,1-4H3/t15-,16+/m1/s1. The first kappa shape index (κ1) is 14.0. The Labute approximate surface area is 143 Å². The van der Waals surface area contributed by atoms with E-state index < -0.39 is 0 Å². The van der Waals surface area contributed by atoms with Crippen molar-refractivity contribution in [3.8, 4) is 0 Å². The Balaban J connectivity index is 2.16. The number of hydrogen-bond donors (Lipinski definition) is 0.